The third kappa shape index (κ3) is 3.57. The minimum atomic E-state index is -3.34. The number of sulfone groups is 1. The van der Waals surface area contributed by atoms with Crippen LogP contribution in [0.5, 0.6) is 11.5 Å². The molecular weight excluding hydrogens is 294 g/mol. The fourth-order valence-electron chi connectivity index (χ4n) is 1.82. The quantitative estimate of drug-likeness (QED) is 0.640. The van der Waals surface area contributed by atoms with E-state index in [-0.39, 0.29) is 10.6 Å². The van der Waals surface area contributed by atoms with Crippen molar-refractivity contribution < 1.29 is 18.1 Å². The SMILES string of the molecule is Cc1ccc(Oc2ccc([N+](=O)[O-])cc2)cc1S(C)(=O)=O. The van der Waals surface area contributed by atoms with Gasteiger partial charge in [0.1, 0.15) is 11.5 Å². The van der Waals surface area contributed by atoms with Crippen molar-refractivity contribution in [3.05, 3.63) is 58.1 Å². The minimum Gasteiger partial charge on any atom is -0.457 e. The van der Waals surface area contributed by atoms with Crippen LogP contribution in [0.3, 0.4) is 0 Å². The number of benzene rings is 2. The van der Waals surface area contributed by atoms with Crippen molar-refractivity contribution in [2.75, 3.05) is 6.26 Å². The van der Waals surface area contributed by atoms with E-state index >= 15 is 0 Å². The summed E-state index contributed by atoms with van der Waals surface area (Å²) in [5.74, 6) is 0.749. The molecule has 0 spiro atoms. The van der Waals surface area contributed by atoms with Crippen LogP contribution in [0.15, 0.2) is 47.4 Å². The molecule has 0 bridgehead atoms. The van der Waals surface area contributed by atoms with Gasteiger partial charge in [0.25, 0.3) is 5.69 Å². The Morgan fingerprint density at radius 1 is 1.05 bits per heavy atom. The Bertz CT molecular complexity index is 782. The van der Waals surface area contributed by atoms with E-state index < -0.39 is 14.8 Å². The monoisotopic (exact) mass is 307 g/mol. The lowest BCUT2D eigenvalue weighted by atomic mass is 10.2. The maximum Gasteiger partial charge on any atom is 0.269 e. The molecule has 0 unspecified atom stereocenters. The average Bonchev–Trinajstić information content (AvgIpc) is 2.40. The van der Waals surface area contributed by atoms with Crippen LogP contribution in [0.2, 0.25) is 0 Å². The Morgan fingerprint density at radius 3 is 2.14 bits per heavy atom. The third-order valence-electron chi connectivity index (χ3n) is 2.84. The Kier molecular flexibility index (Phi) is 3.95. The standard InChI is InChI=1S/C14H13NO5S/c1-10-3-6-13(9-14(10)21(2,18)19)20-12-7-4-11(5-8-12)15(16)17/h3-9H,1-2H3. The van der Waals surface area contributed by atoms with Crippen LogP contribution in [0, 0.1) is 17.0 Å². The van der Waals surface area contributed by atoms with Crippen LogP contribution < -0.4 is 4.74 Å². The second-order valence-corrected chi connectivity index (χ2v) is 6.54. The fourth-order valence-corrected chi connectivity index (χ4v) is 2.80. The second-order valence-electron chi connectivity index (χ2n) is 4.55. The van der Waals surface area contributed by atoms with Gasteiger partial charge in [0.05, 0.1) is 9.82 Å². The van der Waals surface area contributed by atoms with Crippen LogP contribution in [0.25, 0.3) is 0 Å². The number of aryl methyl sites for hydroxylation is 1. The maximum absolute atomic E-state index is 11.6. The molecule has 2 rings (SSSR count). The Balaban J connectivity index is 2.30. The molecule has 0 aliphatic carbocycles. The zero-order valence-electron chi connectivity index (χ0n) is 11.4. The number of nitro groups is 1. The van der Waals surface area contributed by atoms with Crippen LogP contribution in [-0.2, 0) is 9.84 Å². The highest BCUT2D eigenvalue weighted by atomic mass is 32.2. The van der Waals surface area contributed by atoms with E-state index in [2.05, 4.69) is 0 Å². The molecule has 0 N–H and O–H groups in total. The Labute approximate surface area is 122 Å². The summed E-state index contributed by atoms with van der Waals surface area (Å²) in [5.41, 5.74) is 0.594. The summed E-state index contributed by atoms with van der Waals surface area (Å²) in [6.45, 7) is 1.70. The molecule has 2 aromatic rings. The van der Waals surface area contributed by atoms with Crippen LogP contribution in [-0.4, -0.2) is 19.6 Å². The number of rotatable bonds is 4. The van der Waals surface area contributed by atoms with Gasteiger partial charge in [-0.25, -0.2) is 8.42 Å². The predicted molar refractivity (Wildman–Crippen MR) is 77.5 cm³/mol. The lowest BCUT2D eigenvalue weighted by molar-refractivity contribution is -0.384. The first kappa shape index (κ1) is 15.0. The van der Waals surface area contributed by atoms with Crippen molar-refractivity contribution in [2.45, 2.75) is 11.8 Å². The van der Waals surface area contributed by atoms with Crippen molar-refractivity contribution in [3.63, 3.8) is 0 Å². The van der Waals surface area contributed by atoms with Gasteiger partial charge in [0, 0.05) is 18.4 Å². The zero-order chi connectivity index (χ0) is 15.6. The first-order chi connectivity index (χ1) is 9.77. The number of ether oxygens (including phenoxy) is 1. The molecule has 21 heavy (non-hydrogen) atoms. The van der Waals surface area contributed by atoms with E-state index in [0.29, 0.717) is 17.1 Å². The normalized spacial score (nSPS) is 11.1. The molecule has 0 aliphatic heterocycles. The summed E-state index contributed by atoms with van der Waals surface area (Å²) in [7, 11) is -3.34. The summed E-state index contributed by atoms with van der Waals surface area (Å²) < 4.78 is 28.8. The molecule has 0 amide bonds. The van der Waals surface area contributed by atoms with Gasteiger partial charge in [-0.05, 0) is 36.8 Å². The van der Waals surface area contributed by atoms with Gasteiger partial charge in [-0.3, -0.25) is 10.1 Å². The summed E-state index contributed by atoms with van der Waals surface area (Å²) in [6, 6.07) is 10.3. The van der Waals surface area contributed by atoms with E-state index in [0.717, 1.165) is 6.26 Å². The van der Waals surface area contributed by atoms with Gasteiger partial charge >= 0.3 is 0 Å². The molecule has 6 nitrogen and oxygen atoms in total. The second kappa shape index (κ2) is 5.53. The van der Waals surface area contributed by atoms with E-state index in [1.54, 1.807) is 19.1 Å². The van der Waals surface area contributed by atoms with Gasteiger partial charge in [-0.1, -0.05) is 6.07 Å². The molecule has 7 heteroatoms. The topological polar surface area (TPSA) is 86.5 Å². The number of hydrogen-bond donors (Lipinski definition) is 0. The number of nitrogens with zero attached hydrogens (tertiary/aromatic N) is 1. The van der Waals surface area contributed by atoms with Crippen molar-refractivity contribution in [1.29, 1.82) is 0 Å². The third-order valence-corrected chi connectivity index (χ3v) is 4.08. The molecule has 0 fully saturated rings. The Hall–Kier alpha value is -2.41. The molecule has 0 aromatic heterocycles. The lowest BCUT2D eigenvalue weighted by Crippen LogP contribution is -2.00. The maximum atomic E-state index is 11.6. The van der Waals surface area contributed by atoms with Gasteiger partial charge < -0.3 is 4.74 Å². The fraction of sp³-hybridized carbons (Fsp3) is 0.143. The summed E-state index contributed by atoms with van der Waals surface area (Å²) in [5, 5.41) is 10.6. The van der Waals surface area contributed by atoms with Crippen LogP contribution in [0.4, 0.5) is 5.69 Å². The molecule has 110 valence electrons. The molecule has 0 heterocycles. The van der Waals surface area contributed by atoms with Gasteiger partial charge in [-0.2, -0.15) is 0 Å². The predicted octanol–water partition coefficient (Wildman–Crippen LogP) is 3.10. The smallest absolute Gasteiger partial charge is 0.269 e. The van der Waals surface area contributed by atoms with Crippen LogP contribution >= 0.6 is 0 Å². The molecule has 0 saturated heterocycles. The average molecular weight is 307 g/mol. The Morgan fingerprint density at radius 2 is 1.62 bits per heavy atom. The van der Waals surface area contributed by atoms with Gasteiger partial charge in [0.15, 0.2) is 9.84 Å². The van der Waals surface area contributed by atoms with E-state index in [1.807, 2.05) is 0 Å². The van der Waals surface area contributed by atoms with E-state index in [4.69, 9.17) is 4.74 Å². The molecule has 0 aliphatic rings. The highest BCUT2D eigenvalue weighted by Crippen LogP contribution is 2.27. The molecule has 0 atom stereocenters. The summed E-state index contributed by atoms with van der Waals surface area (Å²) >= 11 is 0. The molecular formula is C14H13NO5S. The molecule has 2 aromatic carbocycles. The minimum absolute atomic E-state index is 0.0388. The van der Waals surface area contributed by atoms with Crippen LogP contribution in [0.1, 0.15) is 5.56 Å². The first-order valence-electron chi connectivity index (χ1n) is 6.00. The number of non-ortho nitro benzene ring substituents is 1. The molecule has 0 radical (unpaired) electrons. The number of hydrogen-bond acceptors (Lipinski definition) is 5. The van der Waals surface area contributed by atoms with E-state index in [1.165, 1.54) is 30.3 Å². The zero-order valence-corrected chi connectivity index (χ0v) is 12.3. The van der Waals surface area contributed by atoms with Crippen molar-refractivity contribution >= 4 is 15.5 Å². The lowest BCUT2D eigenvalue weighted by Gasteiger charge is -2.09. The van der Waals surface area contributed by atoms with Crippen molar-refractivity contribution in [3.8, 4) is 11.5 Å². The largest absolute Gasteiger partial charge is 0.457 e. The van der Waals surface area contributed by atoms with E-state index in [9.17, 15) is 18.5 Å². The van der Waals surface area contributed by atoms with Crippen molar-refractivity contribution in [2.24, 2.45) is 0 Å². The summed E-state index contributed by atoms with van der Waals surface area (Å²) in [6.07, 6.45) is 1.13. The van der Waals surface area contributed by atoms with Crippen molar-refractivity contribution in [1.82, 2.24) is 0 Å². The highest BCUT2D eigenvalue weighted by molar-refractivity contribution is 7.90. The summed E-state index contributed by atoms with van der Waals surface area (Å²) in [4.78, 5) is 10.3. The first-order valence-corrected chi connectivity index (χ1v) is 7.89. The highest BCUT2D eigenvalue weighted by Gasteiger charge is 2.12. The van der Waals surface area contributed by atoms with Gasteiger partial charge in [-0.15, -0.1) is 0 Å². The molecule has 0 saturated carbocycles. The van der Waals surface area contributed by atoms with Gasteiger partial charge in [0.2, 0.25) is 0 Å². The number of nitro benzene ring substituents is 1.